The van der Waals surface area contributed by atoms with E-state index in [1.54, 1.807) is 17.1 Å². The van der Waals surface area contributed by atoms with Crippen molar-refractivity contribution < 1.29 is 33.8 Å². The number of allylic oxidation sites excluding steroid dienone is 1. The van der Waals surface area contributed by atoms with Gasteiger partial charge in [0.2, 0.25) is 17.7 Å². The van der Waals surface area contributed by atoms with E-state index in [-0.39, 0.29) is 49.3 Å². The van der Waals surface area contributed by atoms with Crippen LogP contribution in [0.15, 0.2) is 55.6 Å². The van der Waals surface area contributed by atoms with Gasteiger partial charge in [0.05, 0.1) is 36.6 Å². The monoisotopic (exact) mass is 649 g/mol. The van der Waals surface area contributed by atoms with E-state index < -0.39 is 47.6 Å². The van der Waals surface area contributed by atoms with Crippen LogP contribution >= 0.6 is 0 Å². The molecule has 256 valence electrons. The zero-order chi connectivity index (χ0) is 33.7. The molecule has 47 heavy (non-hydrogen) atoms. The molecule has 1 spiro atoms. The van der Waals surface area contributed by atoms with Crippen LogP contribution < -0.4 is 5.32 Å². The van der Waals surface area contributed by atoms with Gasteiger partial charge in [-0.2, -0.15) is 0 Å². The van der Waals surface area contributed by atoms with E-state index in [0.29, 0.717) is 25.8 Å². The summed E-state index contributed by atoms with van der Waals surface area (Å²) in [5.74, 6) is -3.15. The van der Waals surface area contributed by atoms with Crippen LogP contribution in [0.2, 0.25) is 0 Å². The molecular formula is C37H51N3O7. The minimum Gasteiger partial charge on any atom is -0.463 e. The number of nitrogens with one attached hydrogen (secondary N) is 1. The van der Waals surface area contributed by atoms with Gasteiger partial charge in [0.25, 0.3) is 0 Å². The minimum absolute atomic E-state index is 0.0341. The van der Waals surface area contributed by atoms with Gasteiger partial charge in [-0.1, -0.05) is 75.6 Å². The summed E-state index contributed by atoms with van der Waals surface area (Å²) < 4.78 is 12.2. The van der Waals surface area contributed by atoms with E-state index in [1.165, 1.54) is 0 Å². The van der Waals surface area contributed by atoms with Crippen LogP contribution in [-0.4, -0.2) is 88.2 Å². The van der Waals surface area contributed by atoms with Crippen LogP contribution in [-0.2, 0) is 28.7 Å². The van der Waals surface area contributed by atoms with E-state index >= 15 is 0 Å². The van der Waals surface area contributed by atoms with Gasteiger partial charge in [-0.3, -0.25) is 19.2 Å². The number of carbonyl (C=O) groups excluding carboxylic acids is 4. The Morgan fingerprint density at radius 3 is 2.49 bits per heavy atom. The summed E-state index contributed by atoms with van der Waals surface area (Å²) in [5.41, 5.74) is -0.423. The smallest absolute Gasteiger partial charge is 0.306 e. The molecule has 4 fully saturated rings. The van der Waals surface area contributed by atoms with Crippen molar-refractivity contribution in [3.63, 3.8) is 0 Å². The molecule has 3 heterocycles. The largest absolute Gasteiger partial charge is 0.463 e. The van der Waals surface area contributed by atoms with Crippen molar-refractivity contribution in [3.8, 4) is 0 Å². The molecule has 7 atom stereocenters. The molecule has 1 aliphatic carbocycles. The second-order valence-corrected chi connectivity index (χ2v) is 13.8. The molecular weight excluding hydrogens is 598 g/mol. The Morgan fingerprint density at radius 2 is 1.85 bits per heavy atom. The number of nitrogens with zero attached hydrogens (tertiary/aromatic N) is 2. The topological polar surface area (TPSA) is 125 Å². The van der Waals surface area contributed by atoms with Crippen LogP contribution in [0.4, 0.5) is 0 Å². The van der Waals surface area contributed by atoms with E-state index in [0.717, 1.165) is 37.7 Å². The van der Waals surface area contributed by atoms with Crippen LogP contribution in [0.3, 0.4) is 0 Å². The predicted molar refractivity (Wildman–Crippen MR) is 177 cm³/mol. The molecule has 0 unspecified atom stereocenters. The lowest BCUT2D eigenvalue weighted by Gasteiger charge is -2.43. The first-order valence-electron chi connectivity index (χ1n) is 17.3. The van der Waals surface area contributed by atoms with Crippen LogP contribution in [0, 0.1) is 17.8 Å². The maximum Gasteiger partial charge on any atom is 0.306 e. The second kappa shape index (κ2) is 15.2. The normalized spacial score (nSPS) is 28.1. The first-order chi connectivity index (χ1) is 22.7. The van der Waals surface area contributed by atoms with Crippen LogP contribution in [0.5, 0.6) is 0 Å². The average molecular weight is 650 g/mol. The number of amides is 3. The highest BCUT2D eigenvalue weighted by molar-refractivity contribution is 5.99. The highest BCUT2D eigenvalue weighted by Gasteiger charge is 2.75. The van der Waals surface area contributed by atoms with E-state index in [4.69, 9.17) is 9.47 Å². The number of hydrogen-bond acceptors (Lipinski definition) is 7. The number of aliphatic hydroxyl groups is 1. The van der Waals surface area contributed by atoms with Gasteiger partial charge in [0.1, 0.15) is 18.2 Å². The summed E-state index contributed by atoms with van der Waals surface area (Å²) in [6.07, 6.45) is 9.48. The highest BCUT2D eigenvalue weighted by Crippen LogP contribution is 2.59. The van der Waals surface area contributed by atoms with Gasteiger partial charge in [0, 0.05) is 19.0 Å². The molecule has 3 amide bonds. The van der Waals surface area contributed by atoms with Gasteiger partial charge in [-0.15, -0.1) is 13.2 Å². The maximum atomic E-state index is 14.8. The van der Waals surface area contributed by atoms with E-state index in [9.17, 15) is 24.3 Å². The molecule has 1 aromatic rings. The Labute approximate surface area is 278 Å². The molecule has 3 saturated heterocycles. The fourth-order valence-corrected chi connectivity index (χ4v) is 8.40. The minimum atomic E-state index is -1.18. The molecule has 4 aliphatic rings. The first-order valence-corrected chi connectivity index (χ1v) is 17.3. The first kappa shape index (κ1) is 34.8. The lowest BCUT2D eigenvalue weighted by atomic mass is 9.70. The number of carbonyl (C=O) groups is 4. The number of aliphatic hydroxyl groups excluding tert-OH is 1. The third-order valence-electron chi connectivity index (χ3n) is 10.7. The van der Waals surface area contributed by atoms with Crippen molar-refractivity contribution in [2.75, 3.05) is 19.8 Å². The number of esters is 1. The maximum absolute atomic E-state index is 14.8. The van der Waals surface area contributed by atoms with Gasteiger partial charge in [0.15, 0.2) is 0 Å². The van der Waals surface area contributed by atoms with Crippen molar-refractivity contribution in [2.45, 2.75) is 108 Å². The summed E-state index contributed by atoms with van der Waals surface area (Å²) in [4.78, 5) is 59.5. The molecule has 1 saturated carbocycles. The van der Waals surface area contributed by atoms with Crippen molar-refractivity contribution >= 4 is 23.7 Å². The zero-order valence-corrected chi connectivity index (χ0v) is 27.9. The molecule has 1 aromatic carbocycles. The molecule has 0 radical (unpaired) electrons. The summed E-state index contributed by atoms with van der Waals surface area (Å²) in [6.45, 7) is 11.4. The van der Waals surface area contributed by atoms with Crippen molar-refractivity contribution in [1.82, 2.24) is 15.1 Å². The Morgan fingerprint density at radius 1 is 1.13 bits per heavy atom. The quantitative estimate of drug-likeness (QED) is 0.217. The fraction of sp³-hybridized carbons (Fsp3) is 0.622. The number of likely N-dealkylation sites (tertiary alicyclic amines) is 1. The van der Waals surface area contributed by atoms with Crippen LogP contribution in [0.1, 0.15) is 83.2 Å². The fourth-order valence-electron chi connectivity index (χ4n) is 8.40. The molecule has 3 aliphatic heterocycles. The number of rotatable bonds is 15. The van der Waals surface area contributed by atoms with Crippen molar-refractivity contribution in [3.05, 3.63) is 61.2 Å². The molecule has 10 heteroatoms. The number of fused-ring (bicyclic) bond motifs is 1. The van der Waals surface area contributed by atoms with Crippen molar-refractivity contribution in [1.29, 1.82) is 0 Å². The van der Waals surface area contributed by atoms with Gasteiger partial charge < -0.3 is 29.7 Å². The highest BCUT2D eigenvalue weighted by atomic mass is 16.5. The Hall–Kier alpha value is -3.50. The third-order valence-corrected chi connectivity index (χ3v) is 10.7. The van der Waals surface area contributed by atoms with Gasteiger partial charge >= 0.3 is 5.97 Å². The van der Waals surface area contributed by atoms with E-state index in [1.807, 2.05) is 49.1 Å². The SMILES string of the molecule is C=CCCC(=O)OC[C@H](NC(=O)[C@@H]1[C@@H]2CC[C@]3(O2)[C@H](C(=O)N(CC=C)C2CCCCC2)N([C@@H](CO)C(C)C)C(=O)[C@@H]13)c1ccccc1. The number of ether oxygens (including phenoxy) is 2. The average Bonchev–Trinajstić information content (AvgIpc) is 3.72. The molecule has 5 rings (SSSR count). The molecule has 2 bridgehead atoms. The summed E-state index contributed by atoms with van der Waals surface area (Å²) in [7, 11) is 0. The lowest BCUT2D eigenvalue weighted by Crippen LogP contribution is -2.61. The van der Waals surface area contributed by atoms with Gasteiger partial charge in [-0.25, -0.2) is 0 Å². The number of benzene rings is 1. The lowest BCUT2D eigenvalue weighted by molar-refractivity contribution is -0.154. The molecule has 10 nitrogen and oxygen atoms in total. The molecule has 0 aromatic heterocycles. The third kappa shape index (κ3) is 6.77. The Balaban J connectivity index is 1.47. The van der Waals surface area contributed by atoms with Crippen molar-refractivity contribution in [2.24, 2.45) is 17.8 Å². The number of hydrogen-bond donors (Lipinski definition) is 2. The predicted octanol–water partition coefficient (Wildman–Crippen LogP) is 4.09. The summed E-state index contributed by atoms with van der Waals surface area (Å²) >= 11 is 0. The Kier molecular flexibility index (Phi) is 11.2. The summed E-state index contributed by atoms with van der Waals surface area (Å²) in [5, 5.41) is 13.6. The molecule has 2 N–H and O–H groups in total. The second-order valence-electron chi connectivity index (χ2n) is 13.8. The van der Waals surface area contributed by atoms with Crippen LogP contribution in [0.25, 0.3) is 0 Å². The standard InChI is InChI=1S/C37H51N3O7/c1-5-7-18-30(42)46-23-27(25-14-10-8-11-15-25)38-34(43)31-29-19-20-37(47-29)32(31)35(44)40(28(22-41)24(3)4)33(37)36(45)39(21-6-2)26-16-12-9-13-17-26/h5-6,8,10-11,14-15,24,26-29,31-33,41H,1-2,7,9,12-13,16-23H2,3-4H3,(H,38,43)/t27-,28-,29-,31+,32+,33-,37+/m0/s1. The van der Waals surface area contributed by atoms with E-state index in [2.05, 4.69) is 18.5 Å². The summed E-state index contributed by atoms with van der Waals surface area (Å²) in [6, 6.07) is 7.08. The Bertz CT molecular complexity index is 1310. The zero-order valence-electron chi connectivity index (χ0n) is 27.9. The van der Waals surface area contributed by atoms with Gasteiger partial charge in [-0.05, 0) is 43.6 Å².